The summed E-state index contributed by atoms with van der Waals surface area (Å²) in [5.74, 6) is -0.829. The largest absolute Gasteiger partial charge is 0.467 e. The quantitative estimate of drug-likeness (QED) is 0.597. The summed E-state index contributed by atoms with van der Waals surface area (Å²) in [6.45, 7) is 9.25. The molecule has 1 atom stereocenters. The first kappa shape index (κ1) is 26.3. The normalized spacial score (nSPS) is 15.2. The van der Waals surface area contributed by atoms with E-state index in [2.05, 4.69) is 10.6 Å². The number of carbonyl (C=O) groups excluding carboxylic acids is 3. The number of rotatable bonds is 6. The monoisotopic (exact) mass is 480 g/mol. The van der Waals surface area contributed by atoms with Crippen LogP contribution in [0.5, 0.6) is 0 Å². The average Bonchev–Trinajstić information content (AvgIpc) is 2.91. The minimum atomic E-state index is -1.38. The van der Waals surface area contributed by atoms with Crippen molar-refractivity contribution in [3.05, 3.63) is 59.7 Å². The molecule has 0 bridgehead atoms. The van der Waals surface area contributed by atoms with Gasteiger partial charge in [-0.3, -0.25) is 4.79 Å². The van der Waals surface area contributed by atoms with Crippen LogP contribution in [0.1, 0.15) is 52.2 Å². The molecule has 7 heteroatoms. The Morgan fingerprint density at radius 2 is 1.46 bits per heavy atom. The van der Waals surface area contributed by atoms with Crippen LogP contribution in [0, 0.1) is 5.92 Å². The Morgan fingerprint density at radius 1 is 0.943 bits per heavy atom. The lowest BCUT2D eigenvalue weighted by Gasteiger charge is -2.35. The number of carbonyl (C=O) groups is 3. The van der Waals surface area contributed by atoms with Gasteiger partial charge in [0.2, 0.25) is 5.91 Å². The Balaban J connectivity index is 2.09. The first-order chi connectivity index (χ1) is 16.4. The molecule has 0 radical (unpaired) electrons. The van der Waals surface area contributed by atoms with Crippen LogP contribution in [0.3, 0.4) is 0 Å². The fraction of sp³-hybridized carbons (Fsp3) is 0.464. The molecule has 1 aliphatic carbocycles. The molecule has 188 valence electrons. The third-order valence-corrected chi connectivity index (χ3v) is 5.98. The highest BCUT2D eigenvalue weighted by Gasteiger charge is 2.45. The maximum Gasteiger partial charge on any atom is 0.408 e. The van der Waals surface area contributed by atoms with Gasteiger partial charge in [0.15, 0.2) is 0 Å². The number of benzene rings is 2. The van der Waals surface area contributed by atoms with E-state index in [0.717, 1.165) is 22.3 Å². The molecule has 0 fully saturated rings. The zero-order valence-corrected chi connectivity index (χ0v) is 21.4. The van der Waals surface area contributed by atoms with Crippen LogP contribution < -0.4 is 10.6 Å². The van der Waals surface area contributed by atoms with Crippen LogP contribution in [0.25, 0.3) is 11.1 Å². The highest BCUT2D eigenvalue weighted by atomic mass is 16.6. The number of nitrogens with one attached hydrogen (secondary N) is 2. The summed E-state index contributed by atoms with van der Waals surface area (Å²) in [5, 5.41) is 5.78. The van der Waals surface area contributed by atoms with Crippen LogP contribution in [-0.2, 0) is 31.9 Å². The van der Waals surface area contributed by atoms with Crippen molar-refractivity contribution < 1.29 is 23.9 Å². The van der Waals surface area contributed by atoms with Crippen LogP contribution in [-0.4, -0.2) is 42.3 Å². The Morgan fingerprint density at radius 3 is 1.91 bits per heavy atom. The van der Waals surface area contributed by atoms with Crippen molar-refractivity contribution in [1.29, 1.82) is 0 Å². The molecule has 3 rings (SSSR count). The van der Waals surface area contributed by atoms with E-state index in [1.165, 1.54) is 7.11 Å². The van der Waals surface area contributed by atoms with E-state index >= 15 is 0 Å². The van der Waals surface area contributed by atoms with E-state index in [4.69, 9.17) is 9.47 Å². The Labute approximate surface area is 207 Å². The van der Waals surface area contributed by atoms with E-state index < -0.39 is 35.2 Å². The summed E-state index contributed by atoms with van der Waals surface area (Å²) in [7, 11) is 1.30. The van der Waals surface area contributed by atoms with Gasteiger partial charge in [0.05, 0.1) is 7.11 Å². The average molecular weight is 481 g/mol. The van der Waals surface area contributed by atoms with Gasteiger partial charge in [-0.2, -0.15) is 0 Å². The maximum absolute atomic E-state index is 14.0. The van der Waals surface area contributed by atoms with Crippen molar-refractivity contribution in [1.82, 2.24) is 10.6 Å². The summed E-state index contributed by atoms with van der Waals surface area (Å²) >= 11 is 0. The van der Waals surface area contributed by atoms with E-state index in [0.29, 0.717) is 6.42 Å². The van der Waals surface area contributed by atoms with Gasteiger partial charge in [-0.1, -0.05) is 62.4 Å². The number of fused-ring (bicyclic) bond motifs is 3. The van der Waals surface area contributed by atoms with Gasteiger partial charge < -0.3 is 20.1 Å². The first-order valence-electron chi connectivity index (χ1n) is 12.0. The van der Waals surface area contributed by atoms with Crippen molar-refractivity contribution in [2.75, 3.05) is 7.11 Å². The molecular weight excluding hydrogens is 444 g/mol. The summed E-state index contributed by atoms with van der Waals surface area (Å²) in [6.07, 6.45) is 0.188. The second-order valence-corrected chi connectivity index (χ2v) is 10.6. The highest BCUT2D eigenvalue weighted by molar-refractivity contribution is 5.95. The predicted octanol–water partition coefficient (Wildman–Crippen LogP) is 4.42. The van der Waals surface area contributed by atoms with Gasteiger partial charge in [-0.25, -0.2) is 9.59 Å². The molecule has 2 aromatic carbocycles. The molecule has 0 heterocycles. The van der Waals surface area contributed by atoms with Gasteiger partial charge in [-0.15, -0.1) is 0 Å². The van der Waals surface area contributed by atoms with Crippen LogP contribution >= 0.6 is 0 Å². The number of esters is 1. The number of methoxy groups -OCH3 is 1. The standard InChI is InChI=1S/C28H36N2O5/c1-18(2)15-23(24(31)34-6)29-25(32)28(30-26(33)35-27(3,4)5)16-19-11-7-9-13-21(19)22-14-10-8-12-20(22)17-28/h7-14,18,23H,15-17H2,1-6H3,(H,29,32)(H,30,33)/t23-/m1/s1. The van der Waals surface area contributed by atoms with Crippen molar-refractivity contribution in [2.45, 2.75) is 71.1 Å². The molecule has 0 saturated carbocycles. The molecule has 0 spiro atoms. The lowest BCUT2D eigenvalue weighted by atomic mass is 9.85. The number of hydrogen-bond donors (Lipinski definition) is 2. The SMILES string of the molecule is COC(=O)[C@@H](CC(C)C)NC(=O)C1(NC(=O)OC(C)(C)C)Cc2ccccc2-c2ccccc2C1. The number of alkyl carbamates (subject to hydrolysis) is 1. The van der Waals surface area contributed by atoms with E-state index in [9.17, 15) is 14.4 Å². The first-order valence-corrected chi connectivity index (χ1v) is 12.0. The maximum atomic E-state index is 14.0. The van der Waals surface area contributed by atoms with E-state index in [-0.39, 0.29) is 18.8 Å². The summed E-state index contributed by atoms with van der Waals surface area (Å²) < 4.78 is 10.5. The van der Waals surface area contributed by atoms with Crippen molar-refractivity contribution in [3.8, 4) is 11.1 Å². The summed E-state index contributed by atoms with van der Waals surface area (Å²) in [6, 6.07) is 14.9. The minimum absolute atomic E-state index is 0.143. The second kappa shape index (κ2) is 10.5. The summed E-state index contributed by atoms with van der Waals surface area (Å²) in [5.41, 5.74) is 1.73. The number of amides is 2. The van der Waals surface area contributed by atoms with Crippen LogP contribution in [0.4, 0.5) is 4.79 Å². The Hall–Kier alpha value is -3.35. The second-order valence-electron chi connectivity index (χ2n) is 10.6. The van der Waals surface area contributed by atoms with E-state index in [1.54, 1.807) is 20.8 Å². The molecular formula is C28H36N2O5. The van der Waals surface area contributed by atoms with Gasteiger partial charge in [-0.05, 0) is 55.4 Å². The topological polar surface area (TPSA) is 93.7 Å². The molecule has 35 heavy (non-hydrogen) atoms. The zero-order chi connectivity index (χ0) is 25.8. The minimum Gasteiger partial charge on any atom is -0.467 e. The van der Waals surface area contributed by atoms with Crippen molar-refractivity contribution >= 4 is 18.0 Å². The van der Waals surface area contributed by atoms with Gasteiger partial charge >= 0.3 is 12.1 Å². The molecule has 1 aliphatic rings. The third kappa shape index (κ3) is 6.41. The fourth-order valence-corrected chi connectivity index (χ4v) is 4.52. The predicted molar refractivity (Wildman–Crippen MR) is 135 cm³/mol. The molecule has 0 aliphatic heterocycles. The molecule has 0 unspecified atom stereocenters. The lowest BCUT2D eigenvalue weighted by molar-refractivity contribution is -0.146. The molecule has 0 saturated heterocycles. The van der Waals surface area contributed by atoms with Gasteiger partial charge in [0.25, 0.3) is 0 Å². The zero-order valence-electron chi connectivity index (χ0n) is 21.4. The molecule has 7 nitrogen and oxygen atoms in total. The smallest absolute Gasteiger partial charge is 0.408 e. The molecule has 2 N–H and O–H groups in total. The highest BCUT2D eigenvalue weighted by Crippen LogP contribution is 2.36. The Bertz CT molecular complexity index is 1040. The molecule has 2 aromatic rings. The van der Waals surface area contributed by atoms with Crippen LogP contribution in [0.15, 0.2) is 48.5 Å². The lowest BCUT2D eigenvalue weighted by Crippen LogP contribution is -2.64. The molecule has 0 aromatic heterocycles. The number of hydrogen-bond acceptors (Lipinski definition) is 5. The van der Waals surface area contributed by atoms with Crippen molar-refractivity contribution in [2.24, 2.45) is 5.92 Å². The fourth-order valence-electron chi connectivity index (χ4n) is 4.52. The Kier molecular flexibility index (Phi) is 7.88. The molecule has 2 amide bonds. The van der Waals surface area contributed by atoms with E-state index in [1.807, 2.05) is 62.4 Å². The third-order valence-electron chi connectivity index (χ3n) is 5.98. The summed E-state index contributed by atoms with van der Waals surface area (Å²) in [4.78, 5) is 39.5. The van der Waals surface area contributed by atoms with Crippen LogP contribution in [0.2, 0.25) is 0 Å². The van der Waals surface area contributed by atoms with Gasteiger partial charge in [0, 0.05) is 12.8 Å². The van der Waals surface area contributed by atoms with Crippen molar-refractivity contribution in [3.63, 3.8) is 0 Å². The van der Waals surface area contributed by atoms with Gasteiger partial charge in [0.1, 0.15) is 17.2 Å². The number of ether oxygens (including phenoxy) is 2.